The SMILES string of the molecule is COC(=O)c1ccc(/C=C2/SC(=S)N([C@H](CC(=O)O)C(=O)O)C2=O)cc1. The topological polar surface area (TPSA) is 121 Å². The second-order valence-electron chi connectivity index (χ2n) is 5.12. The molecule has 10 heteroatoms. The molecule has 1 amide bonds. The fraction of sp³-hybridized carbons (Fsp3) is 0.188. The van der Waals surface area contributed by atoms with E-state index in [4.69, 9.17) is 17.3 Å². The van der Waals surface area contributed by atoms with Crippen LogP contribution in [0, 0.1) is 0 Å². The van der Waals surface area contributed by atoms with E-state index >= 15 is 0 Å². The molecule has 1 fully saturated rings. The summed E-state index contributed by atoms with van der Waals surface area (Å²) in [7, 11) is 1.26. The van der Waals surface area contributed by atoms with Gasteiger partial charge in [-0.3, -0.25) is 14.5 Å². The van der Waals surface area contributed by atoms with Crippen molar-refractivity contribution in [1.29, 1.82) is 0 Å². The molecule has 1 heterocycles. The van der Waals surface area contributed by atoms with Gasteiger partial charge in [-0.1, -0.05) is 36.1 Å². The second-order valence-corrected chi connectivity index (χ2v) is 6.79. The van der Waals surface area contributed by atoms with Crippen molar-refractivity contribution in [2.75, 3.05) is 7.11 Å². The predicted molar refractivity (Wildman–Crippen MR) is 96.5 cm³/mol. The van der Waals surface area contributed by atoms with Gasteiger partial charge in [-0.2, -0.15) is 0 Å². The standard InChI is InChI=1S/C16H13NO7S2/c1-24-15(23)9-4-2-8(3-5-9)6-11-13(20)17(16(25)26-11)10(14(21)22)7-12(18)19/h2-6,10H,7H2,1H3,(H,18,19)(H,21,22)/b11-6+/t10-/m1/s1. The highest BCUT2D eigenvalue weighted by Gasteiger charge is 2.41. The van der Waals surface area contributed by atoms with E-state index in [1.165, 1.54) is 25.3 Å². The fourth-order valence-corrected chi connectivity index (χ4v) is 3.54. The number of ether oxygens (including phenoxy) is 1. The summed E-state index contributed by atoms with van der Waals surface area (Å²) in [6.45, 7) is 0. The normalized spacial score (nSPS) is 16.7. The van der Waals surface area contributed by atoms with Gasteiger partial charge in [-0.15, -0.1) is 0 Å². The molecule has 2 N–H and O–H groups in total. The molecular weight excluding hydrogens is 382 g/mol. The van der Waals surface area contributed by atoms with Gasteiger partial charge in [0.1, 0.15) is 10.4 Å². The Morgan fingerprint density at radius 1 is 1.27 bits per heavy atom. The predicted octanol–water partition coefficient (Wildman–Crippen LogP) is 1.60. The first-order valence-electron chi connectivity index (χ1n) is 7.14. The lowest BCUT2D eigenvalue weighted by Gasteiger charge is -2.21. The number of thioether (sulfide) groups is 1. The van der Waals surface area contributed by atoms with Crippen LogP contribution in [0.25, 0.3) is 6.08 Å². The molecule has 0 radical (unpaired) electrons. The molecule has 0 aromatic heterocycles. The summed E-state index contributed by atoms with van der Waals surface area (Å²) in [6.07, 6.45) is 0.725. The number of hydrogen-bond acceptors (Lipinski definition) is 7. The van der Waals surface area contributed by atoms with Crippen LogP contribution >= 0.6 is 24.0 Å². The van der Waals surface area contributed by atoms with E-state index in [2.05, 4.69) is 4.74 Å². The second kappa shape index (κ2) is 8.11. The summed E-state index contributed by atoms with van der Waals surface area (Å²) in [5.41, 5.74) is 0.924. The van der Waals surface area contributed by atoms with Crippen LogP contribution in [0.1, 0.15) is 22.3 Å². The number of thiocarbonyl (C=S) groups is 1. The molecule has 1 aromatic carbocycles. The average molecular weight is 395 g/mol. The van der Waals surface area contributed by atoms with Crippen molar-refractivity contribution in [2.45, 2.75) is 12.5 Å². The first-order chi connectivity index (χ1) is 12.2. The van der Waals surface area contributed by atoms with Crippen molar-refractivity contribution in [3.63, 3.8) is 0 Å². The third-order valence-corrected chi connectivity index (χ3v) is 4.75. The molecule has 1 aromatic rings. The maximum Gasteiger partial charge on any atom is 0.337 e. The Hall–Kier alpha value is -2.72. The number of methoxy groups -OCH3 is 1. The number of carboxylic acid groups (broad SMARTS) is 2. The first-order valence-corrected chi connectivity index (χ1v) is 8.37. The molecule has 0 saturated carbocycles. The Morgan fingerprint density at radius 2 is 1.88 bits per heavy atom. The number of hydrogen-bond donors (Lipinski definition) is 2. The number of aliphatic carboxylic acids is 2. The Balaban J connectivity index is 2.27. The fourth-order valence-electron chi connectivity index (χ4n) is 2.19. The maximum atomic E-state index is 12.5. The Kier molecular flexibility index (Phi) is 6.11. The highest BCUT2D eigenvalue weighted by molar-refractivity contribution is 8.26. The molecule has 0 spiro atoms. The van der Waals surface area contributed by atoms with Gasteiger partial charge in [0.05, 0.1) is 24.0 Å². The minimum atomic E-state index is -1.58. The molecule has 1 atom stereocenters. The van der Waals surface area contributed by atoms with Crippen LogP contribution in [0.2, 0.25) is 0 Å². The smallest absolute Gasteiger partial charge is 0.337 e. The van der Waals surface area contributed by atoms with Crippen LogP contribution in [0.5, 0.6) is 0 Å². The van der Waals surface area contributed by atoms with E-state index in [9.17, 15) is 24.3 Å². The minimum Gasteiger partial charge on any atom is -0.481 e. The summed E-state index contributed by atoms with van der Waals surface area (Å²) < 4.78 is 4.57. The lowest BCUT2D eigenvalue weighted by molar-refractivity contribution is -0.150. The number of carboxylic acids is 2. The van der Waals surface area contributed by atoms with Crippen LogP contribution in [0.4, 0.5) is 0 Å². The van der Waals surface area contributed by atoms with Crippen molar-refractivity contribution in [1.82, 2.24) is 4.90 Å². The van der Waals surface area contributed by atoms with Crippen molar-refractivity contribution in [2.24, 2.45) is 0 Å². The molecule has 1 saturated heterocycles. The van der Waals surface area contributed by atoms with Gasteiger partial charge in [0.15, 0.2) is 0 Å². The summed E-state index contributed by atoms with van der Waals surface area (Å²) >= 11 is 5.93. The van der Waals surface area contributed by atoms with E-state index < -0.39 is 36.3 Å². The molecule has 1 aliphatic heterocycles. The van der Waals surface area contributed by atoms with Crippen molar-refractivity contribution >= 4 is 58.2 Å². The number of carbonyl (C=O) groups excluding carboxylic acids is 2. The van der Waals surface area contributed by atoms with E-state index in [0.717, 1.165) is 16.7 Å². The highest BCUT2D eigenvalue weighted by Crippen LogP contribution is 2.34. The number of benzene rings is 1. The summed E-state index contributed by atoms with van der Waals surface area (Å²) in [4.78, 5) is 47.0. The third kappa shape index (κ3) is 4.27. The Bertz CT molecular complexity index is 816. The molecular formula is C16H13NO7S2. The molecule has 136 valence electrons. The molecule has 2 rings (SSSR count). The van der Waals surface area contributed by atoms with Crippen molar-refractivity contribution in [3.8, 4) is 0 Å². The molecule has 0 aliphatic carbocycles. The molecule has 1 aliphatic rings. The van der Waals surface area contributed by atoms with Crippen LogP contribution in [-0.4, -0.2) is 56.4 Å². The number of carbonyl (C=O) groups is 4. The van der Waals surface area contributed by atoms with Gasteiger partial charge in [0.2, 0.25) is 0 Å². The van der Waals surface area contributed by atoms with E-state index in [1.54, 1.807) is 12.1 Å². The van der Waals surface area contributed by atoms with Gasteiger partial charge in [-0.05, 0) is 23.8 Å². The lowest BCUT2D eigenvalue weighted by Crippen LogP contribution is -2.45. The largest absolute Gasteiger partial charge is 0.481 e. The molecule has 8 nitrogen and oxygen atoms in total. The van der Waals surface area contributed by atoms with Gasteiger partial charge >= 0.3 is 17.9 Å². The third-order valence-electron chi connectivity index (χ3n) is 3.42. The van der Waals surface area contributed by atoms with Gasteiger partial charge in [0.25, 0.3) is 5.91 Å². The van der Waals surface area contributed by atoms with E-state index in [1.807, 2.05) is 0 Å². The molecule has 26 heavy (non-hydrogen) atoms. The zero-order valence-electron chi connectivity index (χ0n) is 13.4. The van der Waals surface area contributed by atoms with Crippen molar-refractivity contribution < 1.29 is 34.1 Å². The van der Waals surface area contributed by atoms with Crippen molar-refractivity contribution in [3.05, 3.63) is 40.3 Å². The first kappa shape index (κ1) is 19.6. The quantitative estimate of drug-likeness (QED) is 0.420. The maximum absolute atomic E-state index is 12.5. The van der Waals surface area contributed by atoms with Crippen LogP contribution in [0.15, 0.2) is 29.2 Å². The zero-order chi connectivity index (χ0) is 19.4. The number of nitrogens with zero attached hydrogens (tertiary/aromatic N) is 1. The van der Waals surface area contributed by atoms with Crippen LogP contribution in [-0.2, 0) is 19.1 Å². The van der Waals surface area contributed by atoms with Gasteiger partial charge in [-0.25, -0.2) is 9.59 Å². The summed E-state index contributed by atoms with van der Waals surface area (Å²) in [5, 5.41) is 18.1. The number of esters is 1. The number of amides is 1. The lowest BCUT2D eigenvalue weighted by atomic mass is 10.1. The van der Waals surface area contributed by atoms with Crippen LogP contribution < -0.4 is 0 Å². The molecule has 0 unspecified atom stereocenters. The average Bonchev–Trinajstić information content (AvgIpc) is 2.86. The van der Waals surface area contributed by atoms with Crippen LogP contribution in [0.3, 0.4) is 0 Å². The van der Waals surface area contributed by atoms with E-state index in [-0.39, 0.29) is 9.23 Å². The Morgan fingerprint density at radius 3 is 2.38 bits per heavy atom. The monoisotopic (exact) mass is 395 g/mol. The minimum absolute atomic E-state index is 0.0268. The molecule has 0 bridgehead atoms. The van der Waals surface area contributed by atoms with E-state index in [0.29, 0.717) is 11.1 Å². The van der Waals surface area contributed by atoms with Gasteiger partial charge in [0, 0.05) is 0 Å². The Labute approximate surface area is 157 Å². The summed E-state index contributed by atoms with van der Waals surface area (Å²) in [5.74, 6) is -3.98. The summed E-state index contributed by atoms with van der Waals surface area (Å²) in [6, 6.07) is 4.63. The number of rotatable bonds is 6. The zero-order valence-corrected chi connectivity index (χ0v) is 15.0. The van der Waals surface area contributed by atoms with Gasteiger partial charge < -0.3 is 14.9 Å². The highest BCUT2D eigenvalue weighted by atomic mass is 32.2.